The van der Waals surface area contributed by atoms with E-state index >= 15 is 0 Å². The van der Waals surface area contributed by atoms with Crippen LogP contribution < -0.4 is 0 Å². The zero-order valence-electron chi connectivity index (χ0n) is 3.95. The van der Waals surface area contributed by atoms with E-state index in [4.69, 9.17) is 0 Å². The maximum atomic E-state index is 10.2. The van der Waals surface area contributed by atoms with Crippen molar-refractivity contribution in [1.29, 1.82) is 0 Å². The molecule has 0 fully saturated rings. The molecule has 9 heteroatoms. The SMILES string of the molecule is O=[si]1o[si](=O)o[si](=O)o1. The highest BCUT2D eigenvalue weighted by Gasteiger charge is 2.04. The van der Waals surface area contributed by atoms with Crippen LogP contribution in [-0.4, -0.2) is 26.4 Å². The Hall–Kier alpha value is -0.549. The van der Waals surface area contributed by atoms with Crippen molar-refractivity contribution in [3.63, 3.8) is 0 Å². The van der Waals surface area contributed by atoms with Gasteiger partial charge in [0.15, 0.2) is 0 Å². The van der Waals surface area contributed by atoms with Crippen LogP contribution in [0, 0.1) is 0 Å². The second-order valence-electron chi connectivity index (χ2n) is 1.06. The van der Waals surface area contributed by atoms with Crippen molar-refractivity contribution < 1.29 is 24.7 Å². The van der Waals surface area contributed by atoms with E-state index in [1.54, 1.807) is 0 Å². The third kappa shape index (κ3) is 1.69. The van der Waals surface area contributed by atoms with E-state index in [2.05, 4.69) is 11.3 Å². The highest BCUT2D eigenvalue weighted by atomic mass is 28.3. The van der Waals surface area contributed by atoms with Crippen LogP contribution in [0.25, 0.3) is 0 Å². The molecule has 1 aromatic heterocycles. The van der Waals surface area contributed by atoms with Gasteiger partial charge in [0.1, 0.15) is 0 Å². The van der Waals surface area contributed by atoms with Crippen molar-refractivity contribution in [2.45, 2.75) is 0 Å². The number of hydrogen-bond donors (Lipinski definition) is 0. The van der Waals surface area contributed by atoms with Gasteiger partial charge in [-0.3, -0.25) is 13.4 Å². The Labute approximate surface area is 51.9 Å². The van der Waals surface area contributed by atoms with Crippen molar-refractivity contribution >= 4 is 26.4 Å². The van der Waals surface area contributed by atoms with Crippen molar-refractivity contribution in [3.05, 3.63) is 0 Å². The van der Waals surface area contributed by atoms with Crippen molar-refractivity contribution in [3.8, 4) is 0 Å². The first-order valence-electron chi connectivity index (χ1n) is 1.84. The summed E-state index contributed by atoms with van der Waals surface area (Å²) in [5.74, 6) is 0. The lowest BCUT2D eigenvalue weighted by Gasteiger charge is -1.72. The molecule has 6 nitrogen and oxygen atoms in total. The Morgan fingerprint density at radius 2 is 0.889 bits per heavy atom. The van der Waals surface area contributed by atoms with Gasteiger partial charge in [0.25, 0.3) is 0 Å². The average Bonchev–Trinajstić information content (AvgIpc) is 1.59. The molecule has 48 valence electrons. The van der Waals surface area contributed by atoms with Gasteiger partial charge >= 0.3 is 26.4 Å². The standard InChI is InChI=1S/O6Si3/c1-7-4-8(2)6-9(3)5-7. The molecule has 0 saturated carbocycles. The van der Waals surface area contributed by atoms with Gasteiger partial charge < -0.3 is 11.3 Å². The molecule has 0 aliphatic carbocycles. The quantitative estimate of drug-likeness (QED) is 0.474. The summed E-state index contributed by atoms with van der Waals surface area (Å²) in [6.45, 7) is 0. The summed E-state index contributed by atoms with van der Waals surface area (Å²) in [7, 11) is -8.40. The summed E-state index contributed by atoms with van der Waals surface area (Å²) in [5.41, 5.74) is 0. The Bertz CT molecular complexity index is 271. The van der Waals surface area contributed by atoms with E-state index < -0.39 is 26.4 Å². The fourth-order valence-corrected chi connectivity index (χ4v) is 3.52. The molecule has 0 amide bonds. The van der Waals surface area contributed by atoms with Crippen LogP contribution in [0.15, 0.2) is 11.3 Å². The molecular formula is O6Si3. The minimum Gasteiger partial charge on any atom is -0.467 e. The van der Waals surface area contributed by atoms with Crippen LogP contribution >= 0.6 is 0 Å². The van der Waals surface area contributed by atoms with E-state index in [0.717, 1.165) is 0 Å². The lowest BCUT2D eigenvalue weighted by Crippen LogP contribution is -1.93. The largest absolute Gasteiger partial charge is 0.756 e. The molecule has 0 spiro atoms. The van der Waals surface area contributed by atoms with Crippen LogP contribution in [0.4, 0.5) is 0 Å². The Morgan fingerprint density at radius 3 is 1.11 bits per heavy atom. The van der Waals surface area contributed by atoms with E-state index in [1.807, 2.05) is 0 Å². The first-order valence-corrected chi connectivity index (χ1v) is 5.51. The highest BCUT2D eigenvalue weighted by Crippen LogP contribution is 1.67. The Morgan fingerprint density at radius 1 is 0.667 bits per heavy atom. The summed E-state index contributed by atoms with van der Waals surface area (Å²) < 4.78 is 42.7. The molecule has 1 rings (SSSR count). The normalized spacial score (nSPS) is 9.33. The molecule has 0 radical (unpaired) electrons. The van der Waals surface area contributed by atoms with Gasteiger partial charge in [-0.05, 0) is 0 Å². The number of hydrogen-bond acceptors (Lipinski definition) is 6. The van der Waals surface area contributed by atoms with Gasteiger partial charge in [0.2, 0.25) is 0 Å². The van der Waals surface area contributed by atoms with Gasteiger partial charge in [-0.2, -0.15) is 0 Å². The minimum atomic E-state index is -2.80. The topological polar surface area (TPSA) is 90.6 Å². The smallest absolute Gasteiger partial charge is 0.467 e. The predicted molar refractivity (Wildman–Crippen MR) is 22.6 cm³/mol. The molecule has 1 aromatic rings. The van der Waals surface area contributed by atoms with Gasteiger partial charge in [0, 0.05) is 0 Å². The third-order valence-corrected chi connectivity index (χ3v) is 4.50. The third-order valence-electron chi connectivity index (χ3n) is 0.500. The summed E-state index contributed by atoms with van der Waals surface area (Å²) in [4.78, 5) is 0. The molecule has 9 heavy (non-hydrogen) atoms. The summed E-state index contributed by atoms with van der Waals surface area (Å²) >= 11 is 0. The van der Waals surface area contributed by atoms with E-state index in [9.17, 15) is 13.4 Å². The molecule has 0 bridgehead atoms. The molecular weight excluding hydrogens is 180 g/mol. The monoisotopic (exact) mass is 180 g/mol. The van der Waals surface area contributed by atoms with Gasteiger partial charge in [-0.25, -0.2) is 0 Å². The van der Waals surface area contributed by atoms with E-state index in [0.29, 0.717) is 0 Å². The van der Waals surface area contributed by atoms with Gasteiger partial charge in [-0.1, -0.05) is 0 Å². The Balaban J connectivity index is 3.72. The lowest BCUT2D eigenvalue weighted by molar-refractivity contribution is 0.378. The molecule has 0 aliphatic rings. The fraction of sp³-hybridized carbons (Fsp3) is 0. The zero-order chi connectivity index (χ0) is 6.85. The second-order valence-corrected chi connectivity index (χ2v) is 5.01. The predicted octanol–water partition coefficient (Wildman–Crippen LogP) is -1.03. The van der Waals surface area contributed by atoms with Gasteiger partial charge in [-0.15, -0.1) is 0 Å². The van der Waals surface area contributed by atoms with Crippen molar-refractivity contribution in [2.75, 3.05) is 0 Å². The van der Waals surface area contributed by atoms with Crippen LogP contribution in [0.3, 0.4) is 0 Å². The minimum absolute atomic E-state index is 2.80. The first kappa shape index (κ1) is 6.57. The zero-order valence-corrected chi connectivity index (χ0v) is 6.95. The van der Waals surface area contributed by atoms with Crippen LogP contribution in [0.1, 0.15) is 0 Å². The van der Waals surface area contributed by atoms with E-state index in [-0.39, 0.29) is 0 Å². The molecule has 0 aliphatic heterocycles. The first-order chi connectivity index (χ1) is 4.18. The summed E-state index contributed by atoms with van der Waals surface area (Å²) in [6.07, 6.45) is 0. The Kier molecular flexibility index (Phi) is 1.73. The lowest BCUT2D eigenvalue weighted by atomic mass is 15.7. The molecule has 0 unspecified atom stereocenters. The summed E-state index contributed by atoms with van der Waals surface area (Å²) in [5, 5.41) is 0. The highest BCUT2D eigenvalue weighted by molar-refractivity contribution is 6.35. The van der Waals surface area contributed by atoms with Crippen LogP contribution in [0.2, 0.25) is 0 Å². The van der Waals surface area contributed by atoms with Crippen LogP contribution in [-0.2, 0) is 13.4 Å². The molecule has 0 aromatic carbocycles. The van der Waals surface area contributed by atoms with Crippen LogP contribution in [0.5, 0.6) is 0 Å². The molecule has 1 heterocycles. The maximum absolute atomic E-state index is 10.2. The summed E-state index contributed by atoms with van der Waals surface area (Å²) in [6, 6.07) is 0. The van der Waals surface area contributed by atoms with Crippen molar-refractivity contribution in [1.82, 2.24) is 0 Å². The fourth-order valence-electron chi connectivity index (χ4n) is 0.267. The van der Waals surface area contributed by atoms with Gasteiger partial charge in [0.05, 0.1) is 0 Å². The molecule has 0 N–H and O–H groups in total. The van der Waals surface area contributed by atoms with E-state index in [1.165, 1.54) is 0 Å². The molecule has 0 atom stereocenters. The molecule has 0 saturated heterocycles. The second kappa shape index (κ2) is 2.36. The average molecular weight is 180 g/mol. The number of rotatable bonds is 0. The van der Waals surface area contributed by atoms with Crippen molar-refractivity contribution in [2.24, 2.45) is 0 Å². The maximum Gasteiger partial charge on any atom is 0.756 e.